The molecule has 0 N–H and O–H groups in total. The summed E-state index contributed by atoms with van der Waals surface area (Å²) in [7, 11) is 0. The van der Waals surface area contributed by atoms with Gasteiger partial charge >= 0.3 is 0 Å². The molecule has 344 valence electrons. The van der Waals surface area contributed by atoms with Gasteiger partial charge in [-0.1, -0.05) is 206 Å². The first-order valence-corrected chi connectivity index (χ1v) is 25.0. The summed E-state index contributed by atoms with van der Waals surface area (Å²) in [4.78, 5) is 4.80. The molecule has 0 saturated heterocycles. The zero-order chi connectivity index (χ0) is 48.5. The Kier molecular flexibility index (Phi) is 11.2. The maximum atomic E-state index is 2.41. The summed E-state index contributed by atoms with van der Waals surface area (Å²) in [6.45, 7) is 0. The SMILES string of the molecule is c1ccc(-c2ccc(N(c3ccc(-c4ccc(N(c5ccc(-c6ccccc6)cc5)c5cccc(-c6ccccc6)c5)c5ccccc45)cc3)c3ccc4c(c3)c3ccccc3n4-c3ccccc3)cc2)cc1. The van der Waals surface area contributed by atoms with Crippen LogP contribution in [0.15, 0.2) is 297 Å². The molecule has 0 aliphatic rings. The predicted octanol–water partition coefficient (Wildman–Crippen LogP) is 19.5. The topological polar surface area (TPSA) is 11.4 Å². The predicted molar refractivity (Wildman–Crippen MR) is 309 cm³/mol. The van der Waals surface area contributed by atoms with Gasteiger partial charge in [-0.2, -0.15) is 0 Å². The van der Waals surface area contributed by atoms with Crippen LogP contribution in [0.5, 0.6) is 0 Å². The van der Waals surface area contributed by atoms with Gasteiger partial charge in [0.05, 0.1) is 16.7 Å². The first kappa shape index (κ1) is 43.3. The highest BCUT2D eigenvalue weighted by Crippen LogP contribution is 2.45. The Balaban J connectivity index is 0.917. The zero-order valence-electron chi connectivity index (χ0n) is 40.1. The fourth-order valence-electron chi connectivity index (χ4n) is 10.7. The number of hydrogen-bond donors (Lipinski definition) is 0. The van der Waals surface area contributed by atoms with Crippen molar-refractivity contribution in [1.29, 1.82) is 0 Å². The summed E-state index contributed by atoms with van der Waals surface area (Å²) in [5.41, 5.74) is 19.5. The van der Waals surface area contributed by atoms with Crippen LogP contribution in [0.3, 0.4) is 0 Å². The number of fused-ring (bicyclic) bond motifs is 4. The molecule has 1 heterocycles. The Morgan fingerprint density at radius 2 is 0.644 bits per heavy atom. The molecule has 0 spiro atoms. The van der Waals surface area contributed by atoms with Gasteiger partial charge in [0.1, 0.15) is 0 Å². The van der Waals surface area contributed by atoms with Crippen LogP contribution >= 0.6 is 0 Å². The number of aromatic nitrogens is 1. The summed E-state index contributed by atoms with van der Waals surface area (Å²) >= 11 is 0. The van der Waals surface area contributed by atoms with E-state index >= 15 is 0 Å². The van der Waals surface area contributed by atoms with Crippen molar-refractivity contribution in [2.75, 3.05) is 9.80 Å². The molecule has 0 radical (unpaired) electrons. The van der Waals surface area contributed by atoms with Crippen LogP contribution < -0.4 is 9.80 Å². The van der Waals surface area contributed by atoms with Crippen molar-refractivity contribution in [3.8, 4) is 50.2 Å². The molecule has 12 aromatic carbocycles. The van der Waals surface area contributed by atoms with E-state index in [1.54, 1.807) is 0 Å². The maximum Gasteiger partial charge on any atom is 0.0542 e. The normalized spacial score (nSPS) is 11.3. The van der Waals surface area contributed by atoms with Crippen LogP contribution in [0.25, 0.3) is 82.8 Å². The lowest BCUT2D eigenvalue weighted by Gasteiger charge is -2.28. The molecule has 1 aromatic heterocycles. The molecule has 0 fully saturated rings. The van der Waals surface area contributed by atoms with Crippen molar-refractivity contribution in [1.82, 2.24) is 4.57 Å². The minimum absolute atomic E-state index is 1.08. The molecule has 3 heteroatoms. The zero-order valence-corrected chi connectivity index (χ0v) is 40.1. The smallest absolute Gasteiger partial charge is 0.0542 e. The first-order chi connectivity index (χ1) is 36.2. The number of hydrogen-bond acceptors (Lipinski definition) is 2. The van der Waals surface area contributed by atoms with E-state index in [0.29, 0.717) is 0 Å². The maximum absolute atomic E-state index is 2.41. The Hall–Kier alpha value is -9.70. The highest BCUT2D eigenvalue weighted by Gasteiger charge is 2.21. The van der Waals surface area contributed by atoms with Gasteiger partial charge in [0, 0.05) is 50.3 Å². The van der Waals surface area contributed by atoms with Gasteiger partial charge in [0.15, 0.2) is 0 Å². The molecule has 0 atom stereocenters. The van der Waals surface area contributed by atoms with Crippen LogP contribution in [-0.2, 0) is 0 Å². The molecule has 0 aliphatic carbocycles. The third-order valence-electron chi connectivity index (χ3n) is 14.2. The second-order valence-electron chi connectivity index (χ2n) is 18.5. The second kappa shape index (κ2) is 18.9. The number of rotatable bonds is 11. The van der Waals surface area contributed by atoms with Gasteiger partial charge in [0.2, 0.25) is 0 Å². The van der Waals surface area contributed by atoms with Gasteiger partial charge in [0.25, 0.3) is 0 Å². The first-order valence-electron chi connectivity index (χ1n) is 25.0. The lowest BCUT2D eigenvalue weighted by Crippen LogP contribution is -2.11. The fraction of sp³-hybridized carbons (Fsp3) is 0. The van der Waals surface area contributed by atoms with Crippen LogP contribution in [-0.4, -0.2) is 4.57 Å². The number of anilines is 6. The van der Waals surface area contributed by atoms with Gasteiger partial charge in [-0.3, -0.25) is 0 Å². The lowest BCUT2D eigenvalue weighted by atomic mass is 9.95. The molecule has 13 rings (SSSR count). The van der Waals surface area contributed by atoms with E-state index in [1.165, 1.54) is 71.5 Å². The minimum atomic E-state index is 1.08. The van der Waals surface area contributed by atoms with Gasteiger partial charge in [-0.25, -0.2) is 0 Å². The molecule has 0 bridgehead atoms. The molecule has 13 aromatic rings. The lowest BCUT2D eigenvalue weighted by molar-refractivity contribution is 1.18. The molecular weight excluding hydrogens is 883 g/mol. The van der Waals surface area contributed by atoms with Crippen molar-refractivity contribution >= 4 is 66.7 Å². The minimum Gasteiger partial charge on any atom is -0.310 e. The summed E-state index contributed by atoms with van der Waals surface area (Å²) in [5.74, 6) is 0. The van der Waals surface area contributed by atoms with Gasteiger partial charge < -0.3 is 14.4 Å². The molecular formula is C70H49N3. The van der Waals surface area contributed by atoms with E-state index < -0.39 is 0 Å². The quantitative estimate of drug-likeness (QED) is 0.128. The van der Waals surface area contributed by atoms with Crippen molar-refractivity contribution in [2.24, 2.45) is 0 Å². The molecule has 0 aliphatic heterocycles. The Morgan fingerprint density at radius 1 is 0.219 bits per heavy atom. The summed E-state index contributed by atoms with van der Waals surface area (Å²) in [5, 5.41) is 4.79. The number of nitrogens with zero attached hydrogens (tertiary/aromatic N) is 3. The van der Waals surface area contributed by atoms with E-state index in [9.17, 15) is 0 Å². The van der Waals surface area contributed by atoms with E-state index in [0.717, 1.165) is 45.4 Å². The van der Waals surface area contributed by atoms with E-state index in [-0.39, 0.29) is 0 Å². The van der Waals surface area contributed by atoms with Gasteiger partial charge in [-0.05, 0) is 141 Å². The van der Waals surface area contributed by atoms with Crippen molar-refractivity contribution in [3.63, 3.8) is 0 Å². The second-order valence-corrected chi connectivity index (χ2v) is 18.5. The summed E-state index contributed by atoms with van der Waals surface area (Å²) in [6.07, 6.45) is 0. The van der Waals surface area contributed by atoms with Crippen LogP contribution in [0.2, 0.25) is 0 Å². The Labute approximate surface area is 426 Å². The Morgan fingerprint density at radius 3 is 1.25 bits per heavy atom. The van der Waals surface area contributed by atoms with Crippen LogP contribution in [0.4, 0.5) is 34.1 Å². The molecule has 73 heavy (non-hydrogen) atoms. The highest BCUT2D eigenvalue weighted by atomic mass is 15.1. The van der Waals surface area contributed by atoms with Crippen LogP contribution in [0, 0.1) is 0 Å². The molecule has 0 unspecified atom stereocenters. The van der Waals surface area contributed by atoms with E-state index in [4.69, 9.17) is 0 Å². The number of para-hydroxylation sites is 2. The molecule has 3 nitrogen and oxygen atoms in total. The summed E-state index contributed by atoms with van der Waals surface area (Å²) < 4.78 is 2.38. The highest BCUT2D eigenvalue weighted by molar-refractivity contribution is 6.11. The van der Waals surface area contributed by atoms with Crippen LogP contribution in [0.1, 0.15) is 0 Å². The third-order valence-corrected chi connectivity index (χ3v) is 14.2. The van der Waals surface area contributed by atoms with Crippen molar-refractivity contribution in [3.05, 3.63) is 297 Å². The average Bonchev–Trinajstić information content (AvgIpc) is 3.81. The van der Waals surface area contributed by atoms with E-state index in [1.807, 2.05) is 0 Å². The number of benzene rings is 12. The van der Waals surface area contributed by atoms with E-state index in [2.05, 4.69) is 312 Å². The fourth-order valence-corrected chi connectivity index (χ4v) is 10.7. The molecule has 0 amide bonds. The third kappa shape index (κ3) is 8.19. The largest absolute Gasteiger partial charge is 0.310 e. The summed E-state index contributed by atoms with van der Waals surface area (Å²) in [6, 6.07) is 108. The van der Waals surface area contributed by atoms with Crippen molar-refractivity contribution in [2.45, 2.75) is 0 Å². The van der Waals surface area contributed by atoms with Gasteiger partial charge in [-0.15, -0.1) is 0 Å². The average molecular weight is 932 g/mol. The molecule has 0 saturated carbocycles. The Bertz CT molecular complexity index is 4030. The standard InChI is InChI=1S/C70H49N3/c1-5-18-50(19-6-1)53-32-38-58(39-33-53)71(62-44-46-70-67(49-62)66-30-15-16-31-68(66)73(70)57-25-11-4-12-26-57)59-42-36-55(37-43-59)63-45-47-69(65-29-14-13-28-64(63)65)72(60-40-34-54(35-41-60)51-20-7-2-8-21-51)61-27-17-24-56(48-61)52-22-9-3-10-23-52/h1-49H. The monoisotopic (exact) mass is 931 g/mol. The van der Waals surface area contributed by atoms with Crippen molar-refractivity contribution < 1.29 is 0 Å².